The highest BCUT2D eigenvalue weighted by Gasteiger charge is 2.26. The lowest BCUT2D eigenvalue weighted by Gasteiger charge is -2.40. The summed E-state index contributed by atoms with van der Waals surface area (Å²) in [5.74, 6) is 0.301. The summed E-state index contributed by atoms with van der Waals surface area (Å²) in [5, 5.41) is 9.28. The van der Waals surface area contributed by atoms with Gasteiger partial charge >= 0.3 is 6.03 Å². The van der Waals surface area contributed by atoms with Crippen LogP contribution in [0.1, 0.15) is 18.9 Å². The molecule has 1 aliphatic heterocycles. The molecule has 1 aliphatic rings. The minimum Gasteiger partial charge on any atom is -0.508 e. The molecule has 1 fully saturated rings. The molecule has 1 heterocycles. The number of amides is 2. The number of carbonyl (C=O) groups excluding carboxylic acids is 1. The van der Waals surface area contributed by atoms with Crippen LogP contribution in [0.15, 0.2) is 24.3 Å². The zero-order chi connectivity index (χ0) is 14.5. The van der Waals surface area contributed by atoms with Crippen molar-refractivity contribution >= 4 is 6.03 Å². The number of hydrogen-bond acceptors (Lipinski definition) is 3. The minimum absolute atomic E-state index is 0.301. The van der Waals surface area contributed by atoms with Crippen LogP contribution in [0.4, 0.5) is 4.79 Å². The Morgan fingerprint density at radius 3 is 2.65 bits per heavy atom. The van der Waals surface area contributed by atoms with E-state index in [2.05, 4.69) is 11.8 Å². The maximum absolute atomic E-state index is 11.2. The highest BCUT2D eigenvalue weighted by atomic mass is 16.3. The Morgan fingerprint density at radius 2 is 2.05 bits per heavy atom. The van der Waals surface area contributed by atoms with E-state index in [9.17, 15) is 9.90 Å². The Balaban J connectivity index is 1.89. The summed E-state index contributed by atoms with van der Waals surface area (Å²) in [5.41, 5.74) is 6.57. The molecule has 110 valence electrons. The van der Waals surface area contributed by atoms with Crippen molar-refractivity contribution in [2.75, 3.05) is 26.2 Å². The van der Waals surface area contributed by atoms with Gasteiger partial charge in [0.05, 0.1) is 0 Å². The molecule has 1 atom stereocenters. The summed E-state index contributed by atoms with van der Waals surface area (Å²) in [6.45, 7) is 5.42. The van der Waals surface area contributed by atoms with Crippen LogP contribution in [-0.4, -0.2) is 53.2 Å². The predicted molar refractivity (Wildman–Crippen MR) is 78.6 cm³/mol. The van der Waals surface area contributed by atoms with Gasteiger partial charge in [0.1, 0.15) is 5.75 Å². The van der Waals surface area contributed by atoms with Gasteiger partial charge in [0.15, 0.2) is 0 Å². The van der Waals surface area contributed by atoms with Gasteiger partial charge in [0.25, 0.3) is 0 Å². The second-order valence-corrected chi connectivity index (χ2v) is 5.30. The summed E-state index contributed by atoms with van der Waals surface area (Å²) in [6, 6.07) is 7.41. The predicted octanol–water partition coefficient (Wildman–Crippen LogP) is 1.41. The molecule has 2 rings (SSSR count). The van der Waals surface area contributed by atoms with Crippen LogP contribution >= 0.6 is 0 Å². The smallest absolute Gasteiger partial charge is 0.314 e. The quantitative estimate of drug-likeness (QED) is 0.874. The molecule has 1 aromatic rings. The number of rotatable bonds is 4. The number of phenols is 1. The molecular weight excluding hydrogens is 254 g/mol. The normalized spacial score (nSPS) is 20.1. The van der Waals surface area contributed by atoms with Crippen LogP contribution in [0.2, 0.25) is 0 Å². The topological polar surface area (TPSA) is 69.8 Å². The monoisotopic (exact) mass is 277 g/mol. The van der Waals surface area contributed by atoms with E-state index in [-0.39, 0.29) is 6.03 Å². The van der Waals surface area contributed by atoms with E-state index in [0.29, 0.717) is 18.3 Å². The van der Waals surface area contributed by atoms with Gasteiger partial charge in [-0.15, -0.1) is 0 Å². The van der Waals surface area contributed by atoms with Crippen molar-refractivity contribution in [3.8, 4) is 5.75 Å². The fourth-order valence-electron chi connectivity index (χ4n) is 2.71. The number of nitrogens with two attached hydrogens (primary N) is 1. The fourth-order valence-corrected chi connectivity index (χ4v) is 2.71. The lowest BCUT2D eigenvalue weighted by atomic mass is 10.1. The second-order valence-electron chi connectivity index (χ2n) is 5.30. The number of primary amides is 1. The molecule has 1 aromatic carbocycles. The van der Waals surface area contributed by atoms with Gasteiger partial charge in [0.2, 0.25) is 0 Å². The lowest BCUT2D eigenvalue weighted by Crippen LogP contribution is -2.56. The van der Waals surface area contributed by atoms with Crippen LogP contribution in [0, 0.1) is 0 Å². The number of benzene rings is 1. The highest BCUT2D eigenvalue weighted by molar-refractivity contribution is 5.72. The molecule has 0 saturated carbocycles. The third-order valence-corrected chi connectivity index (χ3v) is 4.01. The van der Waals surface area contributed by atoms with Crippen molar-refractivity contribution in [1.29, 1.82) is 0 Å². The molecule has 3 N–H and O–H groups in total. The Bertz CT molecular complexity index is 447. The molecule has 2 amide bonds. The Hall–Kier alpha value is -1.75. The van der Waals surface area contributed by atoms with Crippen molar-refractivity contribution in [2.24, 2.45) is 5.73 Å². The number of carbonyl (C=O) groups is 1. The number of phenolic OH excluding ortho intramolecular Hbond substituents is 1. The maximum Gasteiger partial charge on any atom is 0.314 e. The summed E-state index contributed by atoms with van der Waals surface area (Å²) in [6.07, 6.45) is 1.96. The van der Waals surface area contributed by atoms with Gasteiger partial charge in [-0.3, -0.25) is 4.90 Å². The second kappa shape index (κ2) is 6.61. The number of nitrogens with zero attached hydrogens (tertiary/aromatic N) is 2. The summed E-state index contributed by atoms with van der Waals surface area (Å²) >= 11 is 0. The zero-order valence-electron chi connectivity index (χ0n) is 12.0. The zero-order valence-corrected chi connectivity index (χ0v) is 12.0. The van der Waals surface area contributed by atoms with E-state index in [1.807, 2.05) is 12.1 Å². The molecule has 5 heteroatoms. The fraction of sp³-hybridized carbons (Fsp3) is 0.533. The van der Waals surface area contributed by atoms with E-state index < -0.39 is 0 Å². The van der Waals surface area contributed by atoms with Crippen LogP contribution in [0.5, 0.6) is 5.75 Å². The average Bonchev–Trinajstić information content (AvgIpc) is 2.46. The lowest BCUT2D eigenvalue weighted by molar-refractivity contribution is 0.0913. The third kappa shape index (κ3) is 3.63. The van der Waals surface area contributed by atoms with E-state index in [4.69, 9.17) is 5.73 Å². The summed E-state index contributed by atoms with van der Waals surface area (Å²) in [7, 11) is 0. The minimum atomic E-state index is -0.318. The first-order chi connectivity index (χ1) is 9.60. The molecule has 0 unspecified atom stereocenters. The Labute approximate surface area is 120 Å². The van der Waals surface area contributed by atoms with Gasteiger partial charge in [0, 0.05) is 32.2 Å². The average molecular weight is 277 g/mol. The summed E-state index contributed by atoms with van der Waals surface area (Å²) in [4.78, 5) is 15.4. The van der Waals surface area contributed by atoms with Crippen molar-refractivity contribution < 1.29 is 9.90 Å². The SMILES string of the molecule is CC[C@H]1CN(C(N)=O)CCN1CCc1ccc(O)cc1. The molecular formula is C15H23N3O2. The number of hydrogen-bond donors (Lipinski definition) is 2. The first-order valence-corrected chi connectivity index (χ1v) is 7.16. The number of piperazine rings is 1. The van der Waals surface area contributed by atoms with Crippen molar-refractivity contribution in [3.05, 3.63) is 29.8 Å². The molecule has 0 bridgehead atoms. The standard InChI is InChI=1S/C15H23N3O2/c1-2-13-11-18(15(16)20)10-9-17(13)8-7-12-3-5-14(19)6-4-12/h3-6,13,19H,2,7-11H2,1H3,(H2,16,20)/t13-/m0/s1. The van der Waals surface area contributed by atoms with Crippen LogP contribution in [-0.2, 0) is 6.42 Å². The van der Waals surface area contributed by atoms with E-state index in [1.165, 1.54) is 5.56 Å². The molecule has 0 spiro atoms. The van der Waals surface area contributed by atoms with Crippen LogP contribution in [0.3, 0.4) is 0 Å². The summed E-state index contributed by atoms with van der Waals surface area (Å²) < 4.78 is 0. The first-order valence-electron chi connectivity index (χ1n) is 7.16. The van der Waals surface area contributed by atoms with Crippen LogP contribution in [0.25, 0.3) is 0 Å². The van der Waals surface area contributed by atoms with Gasteiger partial charge in [-0.25, -0.2) is 4.79 Å². The van der Waals surface area contributed by atoms with Gasteiger partial charge in [-0.1, -0.05) is 19.1 Å². The van der Waals surface area contributed by atoms with Crippen molar-refractivity contribution in [3.63, 3.8) is 0 Å². The number of urea groups is 1. The van der Waals surface area contributed by atoms with Gasteiger partial charge < -0.3 is 15.7 Å². The van der Waals surface area contributed by atoms with Crippen molar-refractivity contribution in [1.82, 2.24) is 9.80 Å². The largest absolute Gasteiger partial charge is 0.508 e. The molecule has 0 aliphatic carbocycles. The molecule has 1 saturated heterocycles. The van der Waals surface area contributed by atoms with Gasteiger partial charge in [-0.2, -0.15) is 0 Å². The van der Waals surface area contributed by atoms with Gasteiger partial charge in [-0.05, 0) is 30.5 Å². The molecule has 20 heavy (non-hydrogen) atoms. The van der Waals surface area contributed by atoms with E-state index in [1.54, 1.807) is 17.0 Å². The Morgan fingerprint density at radius 1 is 1.35 bits per heavy atom. The van der Waals surface area contributed by atoms with E-state index >= 15 is 0 Å². The first kappa shape index (κ1) is 14.7. The third-order valence-electron chi connectivity index (χ3n) is 4.01. The maximum atomic E-state index is 11.2. The molecule has 0 aromatic heterocycles. The van der Waals surface area contributed by atoms with Crippen molar-refractivity contribution in [2.45, 2.75) is 25.8 Å². The van der Waals surface area contributed by atoms with E-state index in [0.717, 1.165) is 32.5 Å². The molecule has 5 nitrogen and oxygen atoms in total. The molecule has 0 radical (unpaired) electrons. The number of aromatic hydroxyl groups is 1. The Kier molecular flexibility index (Phi) is 4.84. The van der Waals surface area contributed by atoms with Crippen LogP contribution < -0.4 is 5.73 Å². The highest BCUT2D eigenvalue weighted by Crippen LogP contribution is 2.15.